The van der Waals surface area contributed by atoms with Crippen LogP contribution in [0.1, 0.15) is 89.8 Å². The molecule has 1 aliphatic heterocycles. The molecule has 2 aromatic rings. The minimum Gasteiger partial charge on any atom is -0.461 e. The number of ether oxygens (including phenoxy) is 4. The monoisotopic (exact) mass is 544 g/mol. The van der Waals surface area contributed by atoms with Crippen LogP contribution in [-0.2, 0) is 30.3 Å². The van der Waals surface area contributed by atoms with Crippen molar-refractivity contribution in [2.75, 3.05) is 6.61 Å². The van der Waals surface area contributed by atoms with Gasteiger partial charge in [-0.25, -0.2) is 14.2 Å². The Balaban J connectivity index is 1.84. The van der Waals surface area contributed by atoms with Crippen LogP contribution in [0.4, 0.5) is 4.39 Å². The van der Waals surface area contributed by atoms with E-state index in [0.29, 0.717) is 43.1 Å². The van der Waals surface area contributed by atoms with E-state index in [2.05, 4.69) is 11.6 Å². The van der Waals surface area contributed by atoms with E-state index in [1.807, 2.05) is 46.1 Å². The molecule has 2 unspecified atom stereocenters. The number of carbonyl (C=O) groups excluding carboxylic acids is 2. The number of hydrogen-bond acceptors (Lipinski definition) is 7. The number of carbonyl (C=O) groups is 2. The summed E-state index contributed by atoms with van der Waals surface area (Å²) in [5.74, 6) is -1.60. The molecule has 39 heavy (non-hydrogen) atoms. The van der Waals surface area contributed by atoms with E-state index in [9.17, 15) is 14.0 Å². The van der Waals surface area contributed by atoms with Crippen molar-refractivity contribution in [2.24, 2.45) is 0 Å². The van der Waals surface area contributed by atoms with Gasteiger partial charge in [-0.2, -0.15) is 0 Å². The maximum absolute atomic E-state index is 13.7. The molecule has 2 heterocycles. The molecule has 9 heteroatoms. The lowest BCUT2D eigenvalue weighted by molar-refractivity contribution is -0.301. The number of benzene rings is 1. The molecule has 8 nitrogen and oxygen atoms in total. The lowest BCUT2D eigenvalue weighted by Crippen LogP contribution is -2.46. The molecular formula is C30H41FN2O6. The number of nitrogens with zero attached hydrogens (tertiary/aromatic N) is 2. The number of rotatable bonds is 11. The smallest absolute Gasteiger partial charge is 0.359 e. The molecule has 0 N–H and O–H groups in total. The highest BCUT2D eigenvalue weighted by molar-refractivity contribution is 5.92. The van der Waals surface area contributed by atoms with E-state index in [-0.39, 0.29) is 36.1 Å². The molecule has 214 valence electrons. The van der Waals surface area contributed by atoms with Crippen LogP contribution in [0.2, 0.25) is 0 Å². The predicted octanol–water partition coefficient (Wildman–Crippen LogP) is 6.32. The van der Waals surface area contributed by atoms with Gasteiger partial charge in [-0.1, -0.05) is 19.9 Å². The average molecular weight is 545 g/mol. The molecule has 2 atom stereocenters. The van der Waals surface area contributed by atoms with E-state index in [1.165, 1.54) is 12.1 Å². The molecule has 0 spiro atoms. The van der Waals surface area contributed by atoms with Crippen LogP contribution in [0.3, 0.4) is 0 Å². The number of unbranched alkanes of at least 4 members (excludes halogenated alkanes) is 1. The van der Waals surface area contributed by atoms with Gasteiger partial charge in [-0.3, -0.25) is 4.79 Å². The maximum Gasteiger partial charge on any atom is 0.359 e. The van der Waals surface area contributed by atoms with Crippen LogP contribution >= 0.6 is 0 Å². The first kappa shape index (κ1) is 30.5. The summed E-state index contributed by atoms with van der Waals surface area (Å²) >= 11 is 0. The van der Waals surface area contributed by atoms with Gasteiger partial charge in [0.05, 0.1) is 30.9 Å². The second kappa shape index (κ2) is 12.9. The molecule has 0 radical (unpaired) electrons. The molecular weight excluding hydrogens is 503 g/mol. The molecule has 3 rings (SSSR count). The minimum absolute atomic E-state index is 0.123. The van der Waals surface area contributed by atoms with Crippen LogP contribution < -0.4 is 0 Å². The van der Waals surface area contributed by atoms with Crippen LogP contribution in [-0.4, -0.2) is 51.7 Å². The Morgan fingerprint density at radius 2 is 1.87 bits per heavy atom. The highest BCUT2D eigenvalue weighted by Gasteiger charge is 2.37. The van der Waals surface area contributed by atoms with E-state index in [4.69, 9.17) is 18.9 Å². The molecule has 0 saturated carbocycles. The SMILES string of the molecule is C=Cc1c(C(=O)OCCCC)nc(-c2ccc(F)cc2)n1CCC1CC(CC(=O)OC(C)(C)C)OC(C)(C)O1. The first-order chi connectivity index (χ1) is 18.3. The Morgan fingerprint density at radius 1 is 1.21 bits per heavy atom. The lowest BCUT2D eigenvalue weighted by Gasteiger charge is -2.41. The number of esters is 2. The molecule has 1 aromatic heterocycles. The van der Waals surface area contributed by atoms with Gasteiger partial charge in [-0.05, 0) is 77.8 Å². The molecule has 1 fully saturated rings. The Morgan fingerprint density at radius 3 is 2.49 bits per heavy atom. The topological polar surface area (TPSA) is 88.9 Å². The normalized spacial score (nSPS) is 18.9. The second-order valence-corrected chi connectivity index (χ2v) is 11.2. The fourth-order valence-electron chi connectivity index (χ4n) is 4.61. The van der Waals surface area contributed by atoms with E-state index in [1.54, 1.807) is 18.2 Å². The number of aromatic nitrogens is 2. The van der Waals surface area contributed by atoms with Crippen molar-refractivity contribution < 1.29 is 32.9 Å². The largest absolute Gasteiger partial charge is 0.461 e. The minimum atomic E-state index is -0.889. The summed E-state index contributed by atoms with van der Waals surface area (Å²) in [6.07, 6.45) is 3.80. The summed E-state index contributed by atoms with van der Waals surface area (Å²) in [5.41, 5.74) is 0.762. The van der Waals surface area contributed by atoms with Gasteiger partial charge < -0.3 is 23.5 Å². The fourth-order valence-corrected chi connectivity index (χ4v) is 4.61. The van der Waals surface area contributed by atoms with Crippen molar-refractivity contribution in [2.45, 2.75) is 104 Å². The molecule has 0 aliphatic carbocycles. The Hall–Kier alpha value is -3.04. The van der Waals surface area contributed by atoms with Gasteiger partial charge in [0.25, 0.3) is 0 Å². The third kappa shape index (κ3) is 8.73. The van der Waals surface area contributed by atoms with E-state index >= 15 is 0 Å². The van der Waals surface area contributed by atoms with Crippen LogP contribution in [0, 0.1) is 5.82 Å². The number of hydrogen-bond donors (Lipinski definition) is 0. The van der Waals surface area contributed by atoms with Gasteiger partial charge in [0.15, 0.2) is 11.5 Å². The molecule has 1 aliphatic rings. The van der Waals surface area contributed by atoms with Crippen LogP contribution in [0.15, 0.2) is 30.8 Å². The average Bonchev–Trinajstić information content (AvgIpc) is 3.19. The van der Waals surface area contributed by atoms with Crippen LogP contribution in [0.5, 0.6) is 0 Å². The summed E-state index contributed by atoms with van der Waals surface area (Å²) in [4.78, 5) is 30.0. The van der Waals surface area contributed by atoms with Crippen molar-refractivity contribution in [1.29, 1.82) is 0 Å². The van der Waals surface area contributed by atoms with Crippen LogP contribution in [0.25, 0.3) is 17.5 Å². The molecule has 0 amide bonds. The number of halogens is 1. The summed E-state index contributed by atoms with van der Waals surface area (Å²) in [5, 5.41) is 0. The standard InChI is InChI=1S/C30H41FN2O6/c1-8-10-17-36-28(35)26-24(9-2)33(27(32-26)20-11-13-21(31)14-12-20)16-15-22-18-23(38-30(6,7)37-22)19-25(34)39-29(3,4)5/h9,11-14,22-23H,2,8,10,15-19H2,1,3-7H3. The second-order valence-electron chi connectivity index (χ2n) is 11.2. The summed E-state index contributed by atoms with van der Waals surface area (Å²) in [6.45, 7) is 15.8. The predicted molar refractivity (Wildman–Crippen MR) is 146 cm³/mol. The molecule has 1 saturated heterocycles. The zero-order valence-corrected chi connectivity index (χ0v) is 23.9. The highest BCUT2D eigenvalue weighted by Crippen LogP contribution is 2.32. The first-order valence-electron chi connectivity index (χ1n) is 13.6. The Labute approximate surface area is 230 Å². The Bertz CT molecular complexity index is 1150. The summed E-state index contributed by atoms with van der Waals surface area (Å²) < 4.78 is 38.7. The van der Waals surface area contributed by atoms with Gasteiger partial charge in [0.2, 0.25) is 0 Å². The highest BCUT2D eigenvalue weighted by atomic mass is 19.1. The van der Waals surface area contributed by atoms with Crippen molar-refractivity contribution in [1.82, 2.24) is 9.55 Å². The van der Waals surface area contributed by atoms with Gasteiger partial charge in [-0.15, -0.1) is 0 Å². The quantitative estimate of drug-likeness (QED) is 0.242. The first-order valence-corrected chi connectivity index (χ1v) is 13.6. The zero-order chi connectivity index (χ0) is 28.8. The van der Waals surface area contributed by atoms with E-state index < -0.39 is 17.4 Å². The van der Waals surface area contributed by atoms with Gasteiger partial charge in [0, 0.05) is 18.5 Å². The third-order valence-corrected chi connectivity index (χ3v) is 6.14. The molecule has 1 aromatic carbocycles. The third-order valence-electron chi connectivity index (χ3n) is 6.14. The van der Waals surface area contributed by atoms with Crippen molar-refractivity contribution in [3.63, 3.8) is 0 Å². The maximum atomic E-state index is 13.7. The van der Waals surface area contributed by atoms with Crippen molar-refractivity contribution in [3.05, 3.63) is 48.0 Å². The molecule has 0 bridgehead atoms. The van der Waals surface area contributed by atoms with Crippen molar-refractivity contribution in [3.8, 4) is 11.4 Å². The summed E-state index contributed by atoms with van der Waals surface area (Å²) in [7, 11) is 0. The van der Waals surface area contributed by atoms with E-state index in [0.717, 1.165) is 12.8 Å². The number of imidazole rings is 1. The fraction of sp³-hybridized carbons (Fsp3) is 0.567. The Kier molecular flexibility index (Phi) is 10.1. The lowest BCUT2D eigenvalue weighted by atomic mass is 10.0. The summed E-state index contributed by atoms with van der Waals surface area (Å²) in [6, 6.07) is 5.95. The van der Waals surface area contributed by atoms with Crippen molar-refractivity contribution >= 4 is 18.0 Å². The van der Waals surface area contributed by atoms with Gasteiger partial charge >= 0.3 is 11.9 Å². The van der Waals surface area contributed by atoms with Gasteiger partial charge in [0.1, 0.15) is 17.2 Å². The zero-order valence-electron chi connectivity index (χ0n) is 23.9.